The predicted molar refractivity (Wildman–Crippen MR) is 104 cm³/mol. The maximum atomic E-state index is 11.8. The van der Waals surface area contributed by atoms with Gasteiger partial charge >= 0.3 is 0 Å². The van der Waals surface area contributed by atoms with Crippen molar-refractivity contribution in [3.63, 3.8) is 0 Å². The zero-order valence-corrected chi connectivity index (χ0v) is 17.1. The first-order valence-corrected chi connectivity index (χ1v) is 11.4. The van der Waals surface area contributed by atoms with Crippen LogP contribution in [0.25, 0.3) is 0 Å². The van der Waals surface area contributed by atoms with Gasteiger partial charge in [0.2, 0.25) is 10.0 Å². The van der Waals surface area contributed by atoms with Gasteiger partial charge in [-0.2, -0.15) is 4.31 Å². The van der Waals surface area contributed by atoms with Crippen molar-refractivity contribution < 1.29 is 8.42 Å². The summed E-state index contributed by atoms with van der Waals surface area (Å²) in [6.45, 7) is 8.74. The first-order valence-electron chi connectivity index (χ1n) is 8.73. The molecule has 0 radical (unpaired) electrons. The van der Waals surface area contributed by atoms with Crippen molar-refractivity contribution in [2.45, 2.75) is 46.1 Å². The quantitative estimate of drug-likeness (QED) is 0.544. The molecule has 1 atom stereocenters. The van der Waals surface area contributed by atoms with Crippen molar-refractivity contribution in [2.75, 3.05) is 32.4 Å². The van der Waals surface area contributed by atoms with Crippen LogP contribution in [0.3, 0.4) is 0 Å². The number of thiazole rings is 1. The molecule has 1 aromatic rings. The number of nitrogens with one attached hydrogen (secondary N) is 2. The minimum absolute atomic E-state index is 0.0327. The van der Waals surface area contributed by atoms with Gasteiger partial charge in [-0.15, -0.1) is 11.3 Å². The lowest BCUT2D eigenvalue weighted by Gasteiger charge is -2.21. The Morgan fingerprint density at radius 3 is 2.76 bits per heavy atom. The van der Waals surface area contributed by atoms with Crippen LogP contribution in [0, 0.1) is 13.8 Å². The minimum atomic E-state index is -3.15. The smallest absolute Gasteiger partial charge is 0.211 e. The van der Waals surface area contributed by atoms with Gasteiger partial charge in [0.05, 0.1) is 23.5 Å². The second-order valence-corrected chi connectivity index (χ2v) is 9.54. The van der Waals surface area contributed by atoms with Crippen molar-refractivity contribution in [1.29, 1.82) is 0 Å². The fourth-order valence-corrected chi connectivity index (χ4v) is 5.01. The third-order valence-corrected chi connectivity index (χ3v) is 6.72. The molecule has 2 rings (SSSR count). The van der Waals surface area contributed by atoms with E-state index in [1.165, 1.54) is 11.1 Å². The van der Waals surface area contributed by atoms with Gasteiger partial charge in [-0.05, 0) is 33.6 Å². The monoisotopic (exact) mass is 387 g/mol. The molecular formula is C16H29N5O2S2. The van der Waals surface area contributed by atoms with Crippen LogP contribution < -0.4 is 10.6 Å². The van der Waals surface area contributed by atoms with Crippen LogP contribution in [0.2, 0.25) is 0 Å². The number of aromatic nitrogens is 1. The Labute approximate surface area is 155 Å². The molecule has 142 valence electrons. The number of sulfonamides is 1. The largest absolute Gasteiger partial charge is 0.357 e. The zero-order chi connectivity index (χ0) is 18.4. The Balaban J connectivity index is 1.89. The molecule has 1 aromatic heterocycles. The van der Waals surface area contributed by atoms with Crippen LogP contribution in [0.4, 0.5) is 0 Å². The topological polar surface area (TPSA) is 86.7 Å². The van der Waals surface area contributed by atoms with E-state index in [1.807, 2.05) is 13.8 Å². The molecule has 0 aliphatic carbocycles. The number of hydrogen-bond acceptors (Lipinski definition) is 5. The molecule has 2 heterocycles. The molecule has 25 heavy (non-hydrogen) atoms. The third-order valence-electron chi connectivity index (χ3n) is 4.26. The number of hydrogen-bond donors (Lipinski definition) is 2. The fourth-order valence-electron chi connectivity index (χ4n) is 2.90. The Morgan fingerprint density at radius 1 is 1.40 bits per heavy atom. The standard InChI is InChI=1S/C16H29N5O2S2/c1-5-17-16(18-9-8-15-20-12(2)13(3)24-15)19-11-14-7-6-10-21(14)25(4,22)23/h14H,5-11H2,1-4H3,(H2,17,18,19)/t14-/m1/s1. The molecule has 2 N–H and O–H groups in total. The highest BCUT2D eigenvalue weighted by Gasteiger charge is 2.31. The second-order valence-electron chi connectivity index (χ2n) is 6.32. The number of rotatable bonds is 7. The van der Waals surface area contributed by atoms with Crippen molar-refractivity contribution in [3.8, 4) is 0 Å². The maximum Gasteiger partial charge on any atom is 0.211 e. The van der Waals surface area contributed by atoms with Crippen molar-refractivity contribution in [1.82, 2.24) is 19.9 Å². The molecule has 0 spiro atoms. The van der Waals surface area contributed by atoms with Crippen LogP contribution in [-0.2, 0) is 16.4 Å². The van der Waals surface area contributed by atoms with E-state index in [1.54, 1.807) is 15.6 Å². The first kappa shape index (κ1) is 20.1. The van der Waals surface area contributed by atoms with Crippen LogP contribution in [0.15, 0.2) is 4.99 Å². The summed E-state index contributed by atoms with van der Waals surface area (Å²) < 4.78 is 25.2. The van der Waals surface area contributed by atoms with Gasteiger partial charge in [-0.3, -0.25) is 4.99 Å². The number of aliphatic imine (C=N–C) groups is 1. The lowest BCUT2D eigenvalue weighted by atomic mass is 10.2. The molecule has 7 nitrogen and oxygen atoms in total. The number of aryl methyl sites for hydroxylation is 2. The van der Waals surface area contributed by atoms with Gasteiger partial charge in [0.25, 0.3) is 0 Å². The molecule has 0 aromatic carbocycles. The van der Waals surface area contributed by atoms with E-state index in [-0.39, 0.29) is 6.04 Å². The van der Waals surface area contributed by atoms with Crippen LogP contribution in [-0.4, -0.2) is 62.1 Å². The molecule has 0 unspecified atom stereocenters. The van der Waals surface area contributed by atoms with Gasteiger partial charge in [0.1, 0.15) is 0 Å². The van der Waals surface area contributed by atoms with Gasteiger partial charge in [-0.25, -0.2) is 13.4 Å². The summed E-state index contributed by atoms with van der Waals surface area (Å²) >= 11 is 1.73. The van der Waals surface area contributed by atoms with E-state index in [2.05, 4.69) is 27.5 Å². The average molecular weight is 388 g/mol. The average Bonchev–Trinajstić information content (AvgIpc) is 3.12. The summed E-state index contributed by atoms with van der Waals surface area (Å²) in [6, 6.07) is -0.0327. The number of guanidine groups is 1. The van der Waals surface area contributed by atoms with Gasteiger partial charge in [0, 0.05) is 37.0 Å². The summed E-state index contributed by atoms with van der Waals surface area (Å²) in [5, 5.41) is 7.65. The van der Waals surface area contributed by atoms with E-state index in [0.29, 0.717) is 13.1 Å². The highest BCUT2D eigenvalue weighted by Crippen LogP contribution is 2.20. The van der Waals surface area contributed by atoms with E-state index in [4.69, 9.17) is 0 Å². The van der Waals surface area contributed by atoms with E-state index in [9.17, 15) is 8.42 Å². The van der Waals surface area contributed by atoms with Crippen molar-refractivity contribution in [3.05, 3.63) is 15.6 Å². The Bertz CT molecular complexity index is 680. The van der Waals surface area contributed by atoms with Gasteiger partial charge < -0.3 is 10.6 Å². The normalized spacial score (nSPS) is 19.4. The highest BCUT2D eigenvalue weighted by molar-refractivity contribution is 7.88. The molecule has 1 fully saturated rings. The molecule has 1 saturated heterocycles. The lowest BCUT2D eigenvalue weighted by molar-refractivity contribution is 0.396. The molecule has 0 amide bonds. The summed E-state index contributed by atoms with van der Waals surface area (Å²) in [6.07, 6.45) is 3.90. The first-order chi connectivity index (χ1) is 11.8. The number of nitrogens with zero attached hydrogens (tertiary/aromatic N) is 3. The van der Waals surface area contributed by atoms with Crippen LogP contribution >= 0.6 is 11.3 Å². The molecular weight excluding hydrogens is 358 g/mol. The molecule has 1 aliphatic rings. The highest BCUT2D eigenvalue weighted by atomic mass is 32.2. The predicted octanol–water partition coefficient (Wildman–Crippen LogP) is 1.28. The van der Waals surface area contributed by atoms with Gasteiger partial charge in [-0.1, -0.05) is 0 Å². The molecule has 0 bridgehead atoms. The lowest BCUT2D eigenvalue weighted by Crippen LogP contribution is -2.41. The van der Waals surface area contributed by atoms with E-state index >= 15 is 0 Å². The van der Waals surface area contributed by atoms with Crippen molar-refractivity contribution in [2.24, 2.45) is 4.99 Å². The Morgan fingerprint density at radius 2 is 2.16 bits per heavy atom. The summed E-state index contributed by atoms with van der Waals surface area (Å²) in [7, 11) is -3.15. The molecule has 0 saturated carbocycles. The van der Waals surface area contributed by atoms with Crippen LogP contribution in [0.1, 0.15) is 35.3 Å². The van der Waals surface area contributed by atoms with E-state index < -0.39 is 10.0 Å². The maximum absolute atomic E-state index is 11.8. The summed E-state index contributed by atoms with van der Waals surface area (Å²) in [4.78, 5) is 10.4. The molecule has 1 aliphatic heterocycles. The van der Waals surface area contributed by atoms with Gasteiger partial charge in [0.15, 0.2) is 5.96 Å². The zero-order valence-electron chi connectivity index (χ0n) is 15.5. The van der Waals surface area contributed by atoms with E-state index in [0.717, 1.165) is 49.0 Å². The third kappa shape index (κ3) is 5.93. The SMILES string of the molecule is CCNC(=NC[C@H]1CCCN1S(C)(=O)=O)NCCc1nc(C)c(C)s1. The minimum Gasteiger partial charge on any atom is -0.357 e. The summed E-state index contributed by atoms with van der Waals surface area (Å²) in [5.41, 5.74) is 1.10. The fraction of sp³-hybridized carbons (Fsp3) is 0.750. The Hall–Kier alpha value is -1.19. The van der Waals surface area contributed by atoms with Crippen molar-refractivity contribution >= 4 is 27.3 Å². The van der Waals surface area contributed by atoms with Crippen LogP contribution in [0.5, 0.6) is 0 Å². The second kappa shape index (κ2) is 8.95. The Kier molecular flexibility index (Phi) is 7.21. The summed E-state index contributed by atoms with van der Waals surface area (Å²) in [5.74, 6) is 0.729. The molecule has 9 heteroatoms.